The maximum Gasteiger partial charge on any atom is 0.339 e. The van der Waals surface area contributed by atoms with E-state index in [0.29, 0.717) is 16.3 Å². The Labute approximate surface area is 179 Å². The summed E-state index contributed by atoms with van der Waals surface area (Å²) < 4.78 is 5.38. The average molecular weight is 422 g/mol. The predicted molar refractivity (Wildman–Crippen MR) is 116 cm³/mol. The number of carbonyl (C=O) groups excluding carboxylic acids is 3. The van der Waals surface area contributed by atoms with Crippen molar-refractivity contribution in [1.29, 1.82) is 0 Å². The zero-order valence-corrected chi connectivity index (χ0v) is 17.3. The summed E-state index contributed by atoms with van der Waals surface area (Å²) in [4.78, 5) is 39.7. The van der Waals surface area contributed by atoms with Gasteiger partial charge in [-0.25, -0.2) is 4.79 Å². The lowest BCUT2D eigenvalue weighted by Gasteiger charge is -2.21. The van der Waals surface area contributed by atoms with Crippen LogP contribution in [0.4, 0.5) is 5.69 Å². The summed E-state index contributed by atoms with van der Waals surface area (Å²) in [6, 6.07) is 21.8. The van der Waals surface area contributed by atoms with Gasteiger partial charge in [-0.05, 0) is 49.4 Å². The first-order chi connectivity index (χ1) is 14.4. The maximum atomic E-state index is 12.9. The maximum absolute atomic E-state index is 12.9. The van der Waals surface area contributed by atoms with Gasteiger partial charge >= 0.3 is 5.97 Å². The normalized spacial score (nSPS) is 11.4. The van der Waals surface area contributed by atoms with Crippen molar-refractivity contribution in [3.8, 4) is 0 Å². The molecule has 0 saturated carbocycles. The number of anilines is 1. The molecule has 0 fully saturated rings. The minimum absolute atomic E-state index is 0.0967. The summed E-state index contributed by atoms with van der Waals surface area (Å²) in [6.45, 7) is 1.50. The molecule has 1 atom stereocenters. The number of carbonyl (C=O) groups is 3. The van der Waals surface area contributed by atoms with Gasteiger partial charge in [-0.1, -0.05) is 48.0 Å². The molecule has 0 aromatic heterocycles. The number of rotatable bonds is 6. The highest BCUT2D eigenvalue weighted by Gasteiger charge is 2.25. The Kier molecular flexibility index (Phi) is 6.65. The van der Waals surface area contributed by atoms with Gasteiger partial charge in [0.1, 0.15) is 0 Å². The van der Waals surface area contributed by atoms with Crippen molar-refractivity contribution in [2.24, 2.45) is 0 Å². The van der Waals surface area contributed by atoms with Crippen LogP contribution >= 0.6 is 11.6 Å². The number of nitrogens with zero attached hydrogens (tertiary/aromatic N) is 1. The number of amides is 1. The number of ether oxygens (including phenoxy) is 1. The lowest BCUT2D eigenvalue weighted by Crippen LogP contribution is -2.37. The quantitative estimate of drug-likeness (QED) is 0.424. The first-order valence-electron chi connectivity index (χ1n) is 9.31. The number of halogens is 1. The van der Waals surface area contributed by atoms with E-state index in [1.165, 1.54) is 17.9 Å². The van der Waals surface area contributed by atoms with E-state index in [-0.39, 0.29) is 22.8 Å². The molecule has 3 aromatic carbocycles. The third kappa shape index (κ3) is 4.75. The number of esters is 1. The molecule has 0 saturated heterocycles. The van der Waals surface area contributed by atoms with Crippen molar-refractivity contribution >= 4 is 34.9 Å². The molecular formula is C24H20ClNO4. The predicted octanol–water partition coefficient (Wildman–Crippen LogP) is 4.78. The first-order valence-corrected chi connectivity index (χ1v) is 9.69. The number of para-hydroxylation sites is 1. The van der Waals surface area contributed by atoms with Crippen molar-refractivity contribution < 1.29 is 19.1 Å². The molecule has 1 unspecified atom stereocenters. The zero-order chi connectivity index (χ0) is 21.7. The van der Waals surface area contributed by atoms with Crippen LogP contribution in [-0.2, 0) is 9.53 Å². The lowest BCUT2D eigenvalue weighted by atomic mass is 9.98. The smallest absolute Gasteiger partial charge is 0.339 e. The fourth-order valence-corrected chi connectivity index (χ4v) is 3.07. The summed E-state index contributed by atoms with van der Waals surface area (Å²) in [5.74, 6) is -1.45. The standard InChI is InChI=1S/C24H20ClNO4/c1-16(23(28)26(2)19-8-4-3-5-9-19)30-24(29)21-11-7-6-10-20(21)22(27)17-12-14-18(25)15-13-17/h3-16H,1-2H3. The van der Waals surface area contributed by atoms with Gasteiger partial charge < -0.3 is 9.64 Å². The van der Waals surface area contributed by atoms with Crippen molar-refractivity contribution in [2.75, 3.05) is 11.9 Å². The highest BCUT2D eigenvalue weighted by molar-refractivity contribution is 6.30. The van der Waals surface area contributed by atoms with Crippen LogP contribution in [0, 0.1) is 0 Å². The van der Waals surface area contributed by atoms with E-state index in [9.17, 15) is 14.4 Å². The summed E-state index contributed by atoms with van der Waals surface area (Å²) in [6.07, 6.45) is -1.03. The second-order valence-electron chi connectivity index (χ2n) is 6.66. The summed E-state index contributed by atoms with van der Waals surface area (Å²) >= 11 is 5.88. The Bertz CT molecular complexity index is 1060. The minimum Gasteiger partial charge on any atom is -0.449 e. The lowest BCUT2D eigenvalue weighted by molar-refractivity contribution is -0.126. The van der Waals surface area contributed by atoms with E-state index >= 15 is 0 Å². The molecule has 3 aromatic rings. The first kappa shape index (κ1) is 21.3. The number of ketones is 1. The van der Waals surface area contributed by atoms with E-state index in [4.69, 9.17) is 16.3 Å². The van der Waals surface area contributed by atoms with E-state index in [2.05, 4.69) is 0 Å². The Hall–Kier alpha value is -3.44. The molecule has 0 aliphatic heterocycles. The Morgan fingerprint density at radius 3 is 2.03 bits per heavy atom. The SMILES string of the molecule is CC(OC(=O)c1ccccc1C(=O)c1ccc(Cl)cc1)C(=O)N(C)c1ccccc1. The summed E-state index contributed by atoms with van der Waals surface area (Å²) in [7, 11) is 1.61. The third-order valence-electron chi connectivity index (χ3n) is 4.60. The number of hydrogen-bond acceptors (Lipinski definition) is 4. The van der Waals surface area contributed by atoms with Gasteiger partial charge in [-0.3, -0.25) is 9.59 Å². The molecular weight excluding hydrogens is 402 g/mol. The molecule has 5 nitrogen and oxygen atoms in total. The van der Waals surface area contributed by atoms with E-state index in [1.54, 1.807) is 61.6 Å². The van der Waals surface area contributed by atoms with E-state index in [0.717, 1.165) is 0 Å². The molecule has 0 bridgehead atoms. The van der Waals surface area contributed by atoms with Crippen molar-refractivity contribution in [2.45, 2.75) is 13.0 Å². The van der Waals surface area contributed by atoms with Gasteiger partial charge in [0.2, 0.25) is 0 Å². The van der Waals surface area contributed by atoms with Crippen LogP contribution in [0.3, 0.4) is 0 Å². The molecule has 0 spiro atoms. The van der Waals surface area contributed by atoms with Gasteiger partial charge in [0, 0.05) is 28.9 Å². The van der Waals surface area contributed by atoms with Crippen molar-refractivity contribution in [3.05, 3.63) is 101 Å². The van der Waals surface area contributed by atoms with E-state index in [1.807, 2.05) is 18.2 Å². The topological polar surface area (TPSA) is 63.7 Å². The van der Waals surface area contributed by atoms with Gasteiger partial charge in [-0.15, -0.1) is 0 Å². The van der Waals surface area contributed by atoms with Gasteiger partial charge in [0.15, 0.2) is 11.9 Å². The molecule has 0 N–H and O–H groups in total. The Morgan fingerprint density at radius 1 is 0.833 bits per heavy atom. The van der Waals surface area contributed by atoms with Crippen LogP contribution in [-0.4, -0.2) is 30.8 Å². The van der Waals surface area contributed by atoms with Crippen molar-refractivity contribution in [1.82, 2.24) is 0 Å². The van der Waals surface area contributed by atoms with Crippen LogP contribution < -0.4 is 4.90 Å². The fraction of sp³-hybridized carbons (Fsp3) is 0.125. The second kappa shape index (κ2) is 9.37. The zero-order valence-electron chi connectivity index (χ0n) is 16.5. The highest BCUT2D eigenvalue weighted by Crippen LogP contribution is 2.19. The van der Waals surface area contributed by atoms with Crippen LogP contribution in [0.25, 0.3) is 0 Å². The molecule has 6 heteroatoms. The molecule has 0 heterocycles. The molecule has 0 aliphatic carbocycles. The molecule has 30 heavy (non-hydrogen) atoms. The van der Waals surface area contributed by atoms with Gasteiger partial charge in [-0.2, -0.15) is 0 Å². The van der Waals surface area contributed by atoms with Crippen LogP contribution in [0.2, 0.25) is 5.02 Å². The highest BCUT2D eigenvalue weighted by atomic mass is 35.5. The largest absolute Gasteiger partial charge is 0.449 e. The van der Waals surface area contributed by atoms with Gasteiger partial charge in [0.05, 0.1) is 5.56 Å². The molecule has 3 rings (SSSR count). The van der Waals surface area contributed by atoms with Crippen LogP contribution in [0.5, 0.6) is 0 Å². The molecule has 1 amide bonds. The Balaban J connectivity index is 1.78. The summed E-state index contributed by atoms with van der Waals surface area (Å²) in [5, 5.41) is 0.508. The van der Waals surface area contributed by atoms with Gasteiger partial charge in [0.25, 0.3) is 5.91 Å². The summed E-state index contributed by atoms with van der Waals surface area (Å²) in [5.41, 5.74) is 1.37. The van der Waals surface area contributed by atoms with Crippen LogP contribution in [0.1, 0.15) is 33.2 Å². The fourth-order valence-electron chi connectivity index (χ4n) is 2.94. The Morgan fingerprint density at radius 2 is 1.40 bits per heavy atom. The number of likely N-dealkylation sites (N-methyl/N-ethyl adjacent to an activating group) is 1. The van der Waals surface area contributed by atoms with Crippen molar-refractivity contribution in [3.63, 3.8) is 0 Å². The molecule has 0 aliphatic rings. The van der Waals surface area contributed by atoms with Crippen LogP contribution in [0.15, 0.2) is 78.9 Å². The number of hydrogen-bond donors (Lipinski definition) is 0. The minimum atomic E-state index is -1.03. The number of benzene rings is 3. The average Bonchev–Trinajstić information content (AvgIpc) is 2.78. The monoisotopic (exact) mass is 421 g/mol. The molecule has 0 radical (unpaired) electrons. The van der Waals surface area contributed by atoms with E-state index < -0.39 is 12.1 Å². The third-order valence-corrected chi connectivity index (χ3v) is 4.86. The molecule has 152 valence electrons. The second-order valence-corrected chi connectivity index (χ2v) is 7.10.